The molecular weight excluding hydrogens is 288 g/mol. The number of aliphatic hydroxyl groups is 3. The lowest BCUT2D eigenvalue weighted by molar-refractivity contribution is -0.173. The first kappa shape index (κ1) is 16.4. The zero-order valence-electron chi connectivity index (χ0n) is 15.0. The molecule has 4 aliphatic rings. The summed E-state index contributed by atoms with van der Waals surface area (Å²) in [5.41, 5.74) is -0.260. The van der Waals surface area contributed by atoms with Gasteiger partial charge in [-0.2, -0.15) is 0 Å². The van der Waals surface area contributed by atoms with Crippen LogP contribution in [0.2, 0.25) is 0 Å². The molecule has 132 valence electrons. The summed E-state index contributed by atoms with van der Waals surface area (Å²) >= 11 is 0. The summed E-state index contributed by atoms with van der Waals surface area (Å²) in [5.74, 6) is 2.56. The van der Waals surface area contributed by atoms with Gasteiger partial charge < -0.3 is 15.3 Å². The zero-order valence-corrected chi connectivity index (χ0v) is 15.0. The van der Waals surface area contributed by atoms with E-state index in [1.165, 1.54) is 19.3 Å². The van der Waals surface area contributed by atoms with Gasteiger partial charge in [0.25, 0.3) is 0 Å². The molecule has 0 spiro atoms. The highest BCUT2D eigenvalue weighted by Crippen LogP contribution is 2.68. The number of rotatable bonds is 0. The summed E-state index contributed by atoms with van der Waals surface area (Å²) < 4.78 is 0. The molecule has 4 rings (SSSR count). The molecule has 23 heavy (non-hydrogen) atoms. The third-order valence-electron chi connectivity index (χ3n) is 9.25. The van der Waals surface area contributed by atoms with Gasteiger partial charge in [-0.15, -0.1) is 0 Å². The van der Waals surface area contributed by atoms with Crippen LogP contribution in [0, 0.1) is 34.5 Å². The van der Waals surface area contributed by atoms with Crippen molar-refractivity contribution in [2.24, 2.45) is 34.5 Å². The largest absolute Gasteiger partial charge is 0.390 e. The third kappa shape index (κ3) is 2.05. The second-order valence-electron chi connectivity index (χ2n) is 10.0. The molecule has 3 N–H and O–H groups in total. The summed E-state index contributed by atoms with van der Waals surface area (Å²) in [6.07, 6.45) is 7.33. The van der Waals surface area contributed by atoms with Crippen molar-refractivity contribution in [2.75, 3.05) is 0 Å². The Morgan fingerprint density at radius 3 is 2.26 bits per heavy atom. The molecule has 0 aromatic heterocycles. The molecule has 0 heterocycles. The average Bonchev–Trinajstić information content (AvgIpc) is 2.71. The lowest BCUT2D eigenvalue weighted by Crippen LogP contribution is -2.58. The second kappa shape index (κ2) is 4.95. The minimum Gasteiger partial charge on any atom is -0.390 e. The van der Waals surface area contributed by atoms with Gasteiger partial charge in [0.1, 0.15) is 0 Å². The Hall–Kier alpha value is -0.120. The molecule has 4 saturated carbocycles. The van der Waals surface area contributed by atoms with Gasteiger partial charge in [-0.1, -0.05) is 13.8 Å². The van der Waals surface area contributed by atoms with E-state index in [0.29, 0.717) is 23.7 Å². The zero-order chi connectivity index (χ0) is 16.6. The number of hydrogen-bond donors (Lipinski definition) is 3. The highest BCUT2D eigenvalue weighted by Gasteiger charge is 2.63. The lowest BCUT2D eigenvalue weighted by atomic mass is 9.44. The van der Waals surface area contributed by atoms with E-state index in [4.69, 9.17) is 0 Å². The van der Waals surface area contributed by atoms with Gasteiger partial charge >= 0.3 is 0 Å². The van der Waals surface area contributed by atoms with Crippen LogP contribution in [0.1, 0.15) is 72.1 Å². The standard InChI is InChI=1S/C20H34O3/c1-18-11-17(22)16(21)10-12(18)4-5-13-14(18)6-8-19(2)15(13)7-9-20(19,3)23/h12-17,21-23H,4-11H2,1-3H3/t12?,13-,14+,15+,16-,17+,18+,19+,20+/m1/s1. The highest BCUT2D eigenvalue weighted by molar-refractivity contribution is 5.13. The Labute approximate surface area is 140 Å². The van der Waals surface area contributed by atoms with E-state index in [0.717, 1.165) is 32.1 Å². The van der Waals surface area contributed by atoms with E-state index in [9.17, 15) is 15.3 Å². The molecule has 0 bridgehead atoms. The molecule has 4 fully saturated rings. The maximum atomic E-state index is 10.9. The van der Waals surface area contributed by atoms with Crippen molar-refractivity contribution < 1.29 is 15.3 Å². The number of aliphatic hydroxyl groups excluding tert-OH is 2. The van der Waals surface area contributed by atoms with Crippen molar-refractivity contribution in [3.8, 4) is 0 Å². The molecule has 3 nitrogen and oxygen atoms in total. The fraction of sp³-hybridized carbons (Fsp3) is 1.00. The molecule has 4 aliphatic carbocycles. The lowest BCUT2D eigenvalue weighted by Gasteiger charge is -2.62. The van der Waals surface area contributed by atoms with Gasteiger partial charge in [0.15, 0.2) is 0 Å². The van der Waals surface area contributed by atoms with E-state index in [1.54, 1.807) is 0 Å². The fourth-order valence-corrected chi connectivity index (χ4v) is 7.52. The summed E-state index contributed by atoms with van der Waals surface area (Å²) in [7, 11) is 0. The molecule has 0 saturated heterocycles. The summed E-state index contributed by atoms with van der Waals surface area (Å²) in [5, 5.41) is 31.3. The first-order valence-electron chi connectivity index (χ1n) is 9.77. The van der Waals surface area contributed by atoms with Crippen LogP contribution in [0.4, 0.5) is 0 Å². The predicted molar refractivity (Wildman–Crippen MR) is 89.7 cm³/mol. The van der Waals surface area contributed by atoms with Crippen molar-refractivity contribution in [3.63, 3.8) is 0 Å². The average molecular weight is 322 g/mol. The Morgan fingerprint density at radius 2 is 1.52 bits per heavy atom. The van der Waals surface area contributed by atoms with Gasteiger partial charge in [-0.25, -0.2) is 0 Å². The molecule has 0 radical (unpaired) electrons. The van der Waals surface area contributed by atoms with Crippen LogP contribution < -0.4 is 0 Å². The van der Waals surface area contributed by atoms with Crippen LogP contribution >= 0.6 is 0 Å². The van der Waals surface area contributed by atoms with Crippen molar-refractivity contribution >= 4 is 0 Å². The minimum absolute atomic E-state index is 0.0736. The fourth-order valence-electron chi connectivity index (χ4n) is 7.52. The first-order valence-corrected chi connectivity index (χ1v) is 9.77. The number of hydrogen-bond acceptors (Lipinski definition) is 3. The third-order valence-corrected chi connectivity index (χ3v) is 9.25. The van der Waals surface area contributed by atoms with Crippen LogP contribution in [0.5, 0.6) is 0 Å². The molecule has 0 aromatic rings. The molecule has 3 heteroatoms. The van der Waals surface area contributed by atoms with E-state index in [1.807, 2.05) is 0 Å². The Bertz CT molecular complexity index is 489. The van der Waals surface area contributed by atoms with Crippen molar-refractivity contribution in [2.45, 2.75) is 89.9 Å². The Morgan fingerprint density at radius 1 is 0.826 bits per heavy atom. The van der Waals surface area contributed by atoms with Crippen LogP contribution in [-0.2, 0) is 0 Å². The molecule has 1 unspecified atom stereocenters. The molecular formula is C20H34O3. The summed E-state index contributed by atoms with van der Waals surface area (Å²) in [6, 6.07) is 0. The van der Waals surface area contributed by atoms with Gasteiger partial charge in [-0.3, -0.25) is 0 Å². The molecule has 0 aromatic carbocycles. The van der Waals surface area contributed by atoms with Crippen LogP contribution in [0.15, 0.2) is 0 Å². The van der Waals surface area contributed by atoms with E-state index >= 15 is 0 Å². The maximum absolute atomic E-state index is 10.9. The van der Waals surface area contributed by atoms with Gasteiger partial charge in [0.05, 0.1) is 17.8 Å². The SMILES string of the molecule is C[C@]12C[C@H](O)[C@H](O)CC1CC[C@@H]1[C@@H]2CC[C@@]2(C)[C@H]1CC[C@]2(C)O. The van der Waals surface area contributed by atoms with E-state index in [-0.39, 0.29) is 10.8 Å². The molecule has 9 atom stereocenters. The van der Waals surface area contributed by atoms with Crippen LogP contribution in [-0.4, -0.2) is 33.1 Å². The first-order chi connectivity index (χ1) is 10.7. The van der Waals surface area contributed by atoms with Gasteiger partial charge in [0, 0.05) is 0 Å². The van der Waals surface area contributed by atoms with E-state index < -0.39 is 17.8 Å². The van der Waals surface area contributed by atoms with Gasteiger partial charge in [-0.05, 0) is 92.8 Å². The predicted octanol–water partition coefficient (Wildman–Crippen LogP) is 3.11. The van der Waals surface area contributed by atoms with Crippen LogP contribution in [0.25, 0.3) is 0 Å². The second-order valence-corrected chi connectivity index (χ2v) is 10.0. The van der Waals surface area contributed by atoms with E-state index in [2.05, 4.69) is 20.8 Å². The smallest absolute Gasteiger partial charge is 0.0804 e. The molecule has 0 aliphatic heterocycles. The highest BCUT2D eigenvalue weighted by atomic mass is 16.3. The summed E-state index contributed by atoms with van der Waals surface area (Å²) in [4.78, 5) is 0. The molecule has 0 amide bonds. The topological polar surface area (TPSA) is 60.7 Å². The Kier molecular flexibility index (Phi) is 3.52. The van der Waals surface area contributed by atoms with Gasteiger partial charge in [0.2, 0.25) is 0 Å². The van der Waals surface area contributed by atoms with Crippen molar-refractivity contribution in [1.82, 2.24) is 0 Å². The summed E-state index contributed by atoms with van der Waals surface area (Å²) in [6.45, 7) is 6.77. The Balaban J connectivity index is 1.64. The van der Waals surface area contributed by atoms with Crippen molar-refractivity contribution in [3.05, 3.63) is 0 Å². The van der Waals surface area contributed by atoms with Crippen molar-refractivity contribution in [1.29, 1.82) is 0 Å². The number of fused-ring (bicyclic) bond motifs is 5. The maximum Gasteiger partial charge on any atom is 0.0804 e. The minimum atomic E-state index is -0.546. The van der Waals surface area contributed by atoms with Crippen LogP contribution in [0.3, 0.4) is 0 Å². The normalized spacial score (nSPS) is 62.3. The monoisotopic (exact) mass is 322 g/mol. The quantitative estimate of drug-likeness (QED) is 0.642.